The number of benzene rings is 1. The maximum atomic E-state index is 12.1. The van der Waals surface area contributed by atoms with Crippen LogP contribution in [0.15, 0.2) is 48.3 Å². The molecular formula is C17H16O4. The third kappa shape index (κ3) is 2.33. The topological polar surface area (TPSA) is 44.8 Å². The number of hydrogen-bond donors (Lipinski definition) is 0. The van der Waals surface area contributed by atoms with Crippen LogP contribution in [-0.4, -0.2) is 25.8 Å². The van der Waals surface area contributed by atoms with Gasteiger partial charge in [-0.15, -0.1) is 0 Å². The Labute approximate surface area is 122 Å². The minimum Gasteiger partial charge on any atom is -0.497 e. The second-order valence-electron chi connectivity index (χ2n) is 4.70. The summed E-state index contributed by atoms with van der Waals surface area (Å²) in [5.41, 5.74) is 0.984. The van der Waals surface area contributed by atoms with Crippen LogP contribution in [0.1, 0.15) is 6.92 Å². The van der Waals surface area contributed by atoms with Gasteiger partial charge in [0.1, 0.15) is 11.9 Å². The van der Waals surface area contributed by atoms with Crippen LogP contribution in [-0.2, 0) is 19.0 Å². The summed E-state index contributed by atoms with van der Waals surface area (Å²) in [4.78, 5) is 12.1. The Morgan fingerprint density at radius 2 is 2.05 bits per heavy atom. The molecule has 4 nitrogen and oxygen atoms in total. The van der Waals surface area contributed by atoms with Gasteiger partial charge in [-0.05, 0) is 30.4 Å². The summed E-state index contributed by atoms with van der Waals surface area (Å²) in [6.45, 7) is 2.09. The van der Waals surface area contributed by atoms with Crippen molar-refractivity contribution in [3.63, 3.8) is 0 Å². The van der Waals surface area contributed by atoms with Crippen LogP contribution in [0.25, 0.3) is 11.3 Å². The fourth-order valence-electron chi connectivity index (χ4n) is 2.51. The third-order valence-electron chi connectivity index (χ3n) is 3.46. The standard InChI is InChI=1S/C17H16O4/c1-3-20-17(18)16-13-7-5-4-6-12(13)14-10-11(19-2)8-9-15(14)21-16/h4-10,15H,3H2,1-2H3. The van der Waals surface area contributed by atoms with E-state index in [9.17, 15) is 4.79 Å². The maximum absolute atomic E-state index is 12.1. The molecule has 1 heterocycles. The molecule has 3 rings (SSSR count). The van der Waals surface area contributed by atoms with E-state index in [1.54, 1.807) is 14.0 Å². The molecule has 0 aromatic heterocycles. The van der Waals surface area contributed by atoms with E-state index in [1.807, 2.05) is 42.5 Å². The van der Waals surface area contributed by atoms with Gasteiger partial charge < -0.3 is 14.2 Å². The first-order chi connectivity index (χ1) is 10.2. The molecule has 1 atom stereocenters. The highest BCUT2D eigenvalue weighted by Crippen LogP contribution is 2.24. The number of ether oxygens (including phenoxy) is 3. The fraction of sp³-hybridized carbons (Fsp3) is 0.235. The summed E-state index contributed by atoms with van der Waals surface area (Å²) in [6, 6.07) is 7.66. The van der Waals surface area contributed by atoms with Crippen molar-refractivity contribution in [2.75, 3.05) is 13.7 Å². The molecule has 0 N–H and O–H groups in total. The Balaban J connectivity index is 2.26. The monoisotopic (exact) mass is 284 g/mol. The second-order valence-corrected chi connectivity index (χ2v) is 4.70. The van der Waals surface area contributed by atoms with E-state index in [1.165, 1.54) is 0 Å². The van der Waals surface area contributed by atoms with Crippen molar-refractivity contribution in [2.45, 2.75) is 13.0 Å². The van der Waals surface area contributed by atoms with Gasteiger partial charge >= 0.3 is 5.97 Å². The van der Waals surface area contributed by atoms with Crippen molar-refractivity contribution >= 4 is 17.3 Å². The van der Waals surface area contributed by atoms with Gasteiger partial charge in [0, 0.05) is 10.8 Å². The van der Waals surface area contributed by atoms with Gasteiger partial charge in [0.05, 0.1) is 13.7 Å². The summed E-state index contributed by atoms with van der Waals surface area (Å²) in [6.07, 6.45) is 5.36. The molecule has 0 saturated carbocycles. The summed E-state index contributed by atoms with van der Waals surface area (Å²) in [5.74, 6) is 0.596. The molecule has 0 amide bonds. The minimum atomic E-state index is -0.432. The van der Waals surface area contributed by atoms with Crippen molar-refractivity contribution in [1.82, 2.24) is 0 Å². The van der Waals surface area contributed by atoms with E-state index in [-0.39, 0.29) is 11.9 Å². The lowest BCUT2D eigenvalue weighted by molar-refractivity contribution is -0.138. The molecular weight excluding hydrogens is 268 g/mol. The average molecular weight is 284 g/mol. The Bertz CT molecular complexity index is 755. The van der Waals surface area contributed by atoms with E-state index in [2.05, 4.69) is 0 Å². The molecule has 4 heteroatoms. The number of carbonyl (C=O) groups is 1. The molecule has 0 fully saturated rings. The summed E-state index contributed by atoms with van der Waals surface area (Å²) < 4.78 is 16.2. The van der Waals surface area contributed by atoms with Gasteiger partial charge in [-0.1, -0.05) is 24.3 Å². The van der Waals surface area contributed by atoms with E-state index in [0.29, 0.717) is 6.61 Å². The Morgan fingerprint density at radius 3 is 2.76 bits per heavy atom. The van der Waals surface area contributed by atoms with Gasteiger partial charge in [0.2, 0.25) is 5.76 Å². The quantitative estimate of drug-likeness (QED) is 0.777. The first-order valence-electron chi connectivity index (χ1n) is 6.85. The van der Waals surface area contributed by atoms with Crippen LogP contribution in [0.5, 0.6) is 0 Å². The summed E-state index contributed by atoms with van der Waals surface area (Å²) in [5, 5.41) is 1.72. The number of hydrogen-bond acceptors (Lipinski definition) is 4. The lowest BCUT2D eigenvalue weighted by Crippen LogP contribution is -2.40. The van der Waals surface area contributed by atoms with Crippen LogP contribution in [0.4, 0.5) is 0 Å². The molecule has 0 radical (unpaired) electrons. The van der Waals surface area contributed by atoms with Crippen LogP contribution in [0.2, 0.25) is 0 Å². The van der Waals surface area contributed by atoms with Gasteiger partial charge in [0.15, 0.2) is 0 Å². The largest absolute Gasteiger partial charge is 0.497 e. The Morgan fingerprint density at radius 1 is 1.29 bits per heavy atom. The predicted octanol–water partition coefficient (Wildman–Crippen LogP) is 1.01. The molecule has 1 aromatic rings. The van der Waals surface area contributed by atoms with Crippen molar-refractivity contribution < 1.29 is 19.0 Å². The lowest BCUT2D eigenvalue weighted by Gasteiger charge is -2.25. The number of carbonyl (C=O) groups excluding carboxylic acids is 1. The fourth-order valence-corrected chi connectivity index (χ4v) is 2.51. The first-order valence-corrected chi connectivity index (χ1v) is 6.85. The molecule has 1 aliphatic heterocycles. The average Bonchev–Trinajstić information content (AvgIpc) is 2.53. The zero-order chi connectivity index (χ0) is 14.8. The third-order valence-corrected chi connectivity index (χ3v) is 3.46. The molecule has 108 valence electrons. The van der Waals surface area contributed by atoms with Gasteiger partial charge in [0.25, 0.3) is 0 Å². The number of rotatable bonds is 3. The highest BCUT2D eigenvalue weighted by atomic mass is 16.6. The lowest BCUT2D eigenvalue weighted by atomic mass is 9.97. The van der Waals surface area contributed by atoms with E-state index >= 15 is 0 Å². The minimum absolute atomic E-state index is 0.264. The Kier molecular flexibility index (Phi) is 3.52. The van der Waals surface area contributed by atoms with Crippen LogP contribution in [0, 0.1) is 0 Å². The normalized spacial score (nSPS) is 19.1. The van der Waals surface area contributed by atoms with Crippen LogP contribution < -0.4 is 10.4 Å². The van der Waals surface area contributed by atoms with Gasteiger partial charge in [-0.3, -0.25) is 0 Å². The molecule has 0 spiro atoms. The number of methoxy groups -OCH3 is 1. The highest BCUT2D eigenvalue weighted by Gasteiger charge is 2.27. The predicted molar refractivity (Wildman–Crippen MR) is 78.2 cm³/mol. The zero-order valence-electron chi connectivity index (χ0n) is 12.0. The highest BCUT2D eigenvalue weighted by molar-refractivity contribution is 6.07. The smallest absolute Gasteiger partial charge is 0.374 e. The van der Waals surface area contributed by atoms with Crippen LogP contribution in [0.3, 0.4) is 0 Å². The molecule has 21 heavy (non-hydrogen) atoms. The second kappa shape index (κ2) is 5.48. The van der Waals surface area contributed by atoms with Gasteiger partial charge in [-0.2, -0.15) is 0 Å². The van der Waals surface area contributed by atoms with Crippen molar-refractivity contribution in [1.29, 1.82) is 0 Å². The van der Waals surface area contributed by atoms with E-state index in [0.717, 1.165) is 21.8 Å². The zero-order valence-corrected chi connectivity index (χ0v) is 12.0. The van der Waals surface area contributed by atoms with Crippen LogP contribution >= 0.6 is 0 Å². The Hall–Kier alpha value is -2.49. The van der Waals surface area contributed by atoms with Crippen molar-refractivity contribution in [3.05, 3.63) is 58.7 Å². The maximum Gasteiger partial charge on any atom is 0.374 e. The first kappa shape index (κ1) is 13.5. The molecule has 1 aliphatic carbocycles. The molecule has 1 aromatic carbocycles. The van der Waals surface area contributed by atoms with Gasteiger partial charge in [-0.25, -0.2) is 4.79 Å². The molecule has 2 aliphatic rings. The van der Waals surface area contributed by atoms with E-state index in [4.69, 9.17) is 14.2 Å². The van der Waals surface area contributed by atoms with Crippen molar-refractivity contribution in [3.8, 4) is 0 Å². The number of allylic oxidation sites excluding steroid dienone is 1. The molecule has 1 unspecified atom stereocenters. The summed E-state index contributed by atoms with van der Waals surface area (Å²) in [7, 11) is 1.63. The van der Waals surface area contributed by atoms with Crippen molar-refractivity contribution in [2.24, 2.45) is 0 Å². The number of esters is 1. The SMILES string of the molecule is CCOC(=O)C1=c2ccccc2=C2C=C(OC)C=CC2O1. The van der Waals surface area contributed by atoms with E-state index < -0.39 is 5.97 Å². The molecule has 0 saturated heterocycles. The molecule has 0 bridgehead atoms. The summed E-state index contributed by atoms with van der Waals surface area (Å²) >= 11 is 0. The number of fused-ring (bicyclic) bond motifs is 2.